The van der Waals surface area contributed by atoms with Gasteiger partial charge in [0.2, 0.25) is 0 Å². The van der Waals surface area contributed by atoms with E-state index in [0.717, 1.165) is 45.7 Å². The fourth-order valence-electron chi connectivity index (χ4n) is 2.58. The van der Waals surface area contributed by atoms with Gasteiger partial charge in [-0.15, -0.1) is 0 Å². The van der Waals surface area contributed by atoms with E-state index in [1.165, 1.54) is 0 Å². The van der Waals surface area contributed by atoms with Crippen molar-refractivity contribution in [3.63, 3.8) is 0 Å². The van der Waals surface area contributed by atoms with Crippen molar-refractivity contribution >= 4 is 6.03 Å². The predicted molar refractivity (Wildman–Crippen MR) is 73.6 cm³/mol. The fraction of sp³-hybridized carbons (Fsp3) is 0.786. The third-order valence-corrected chi connectivity index (χ3v) is 3.83. The van der Waals surface area contributed by atoms with Crippen molar-refractivity contribution in [1.82, 2.24) is 14.7 Å². The Kier molecular flexibility index (Phi) is 3.95. The highest BCUT2D eigenvalue weighted by molar-refractivity contribution is 5.75. The summed E-state index contributed by atoms with van der Waals surface area (Å²) in [7, 11) is 0. The molecule has 0 bridgehead atoms. The lowest BCUT2D eigenvalue weighted by molar-refractivity contribution is 0.0648. The highest BCUT2D eigenvalue weighted by Crippen LogP contribution is 2.17. The van der Waals surface area contributed by atoms with Crippen LogP contribution in [0, 0.1) is 0 Å². The van der Waals surface area contributed by atoms with Crippen molar-refractivity contribution in [3.05, 3.63) is 12.2 Å². The summed E-state index contributed by atoms with van der Waals surface area (Å²) < 4.78 is 0. The summed E-state index contributed by atoms with van der Waals surface area (Å²) >= 11 is 0. The molecule has 2 rings (SSSR count). The summed E-state index contributed by atoms with van der Waals surface area (Å²) in [6.07, 6.45) is 5.24. The Bertz CT molecular complexity index is 324. The van der Waals surface area contributed by atoms with Crippen molar-refractivity contribution in [2.45, 2.75) is 32.7 Å². The highest BCUT2D eigenvalue weighted by atomic mass is 16.2. The Morgan fingerprint density at radius 1 is 0.944 bits per heavy atom. The maximum atomic E-state index is 12.3. The largest absolute Gasteiger partial charge is 0.322 e. The lowest BCUT2D eigenvalue weighted by Crippen LogP contribution is -2.57. The number of hydrogen-bond donors (Lipinski definition) is 0. The van der Waals surface area contributed by atoms with Gasteiger partial charge in [-0.2, -0.15) is 0 Å². The van der Waals surface area contributed by atoms with E-state index in [2.05, 4.69) is 37.8 Å². The molecule has 0 atom stereocenters. The van der Waals surface area contributed by atoms with Gasteiger partial charge in [-0.3, -0.25) is 4.90 Å². The molecule has 102 valence electrons. The number of nitrogens with zero attached hydrogens (tertiary/aromatic N) is 3. The third-order valence-electron chi connectivity index (χ3n) is 3.83. The van der Waals surface area contributed by atoms with Crippen LogP contribution < -0.4 is 0 Å². The Morgan fingerprint density at radius 2 is 1.61 bits per heavy atom. The van der Waals surface area contributed by atoms with Gasteiger partial charge in [0.25, 0.3) is 0 Å². The van der Waals surface area contributed by atoms with Crippen LogP contribution in [0.2, 0.25) is 0 Å². The SMILES string of the molecule is CC(C)(C)N1CCN(C(=O)N2CC=CCC2)CC1. The number of amides is 2. The standard InChI is InChI=1S/C14H25N3O/c1-14(2,3)17-11-9-16(10-12-17)13(18)15-7-5-4-6-8-15/h4-5H,6-12H2,1-3H3. The van der Waals surface area contributed by atoms with E-state index in [4.69, 9.17) is 0 Å². The molecular formula is C14H25N3O. The Hall–Kier alpha value is -1.03. The highest BCUT2D eigenvalue weighted by Gasteiger charge is 2.29. The van der Waals surface area contributed by atoms with Crippen LogP contribution in [-0.4, -0.2) is 65.5 Å². The lowest BCUT2D eigenvalue weighted by Gasteiger charge is -2.43. The summed E-state index contributed by atoms with van der Waals surface area (Å²) in [5, 5.41) is 0. The van der Waals surface area contributed by atoms with Gasteiger partial charge in [0, 0.05) is 44.8 Å². The second kappa shape index (κ2) is 5.31. The van der Waals surface area contributed by atoms with E-state index in [1.54, 1.807) is 0 Å². The summed E-state index contributed by atoms with van der Waals surface area (Å²) in [5.41, 5.74) is 0.211. The molecule has 1 fully saturated rings. The fourth-order valence-corrected chi connectivity index (χ4v) is 2.58. The Balaban J connectivity index is 1.86. The van der Waals surface area contributed by atoms with Gasteiger partial charge in [-0.1, -0.05) is 12.2 Å². The number of carbonyl (C=O) groups excluding carboxylic acids is 1. The molecule has 0 spiro atoms. The summed E-state index contributed by atoms with van der Waals surface area (Å²) in [6.45, 7) is 12.0. The minimum atomic E-state index is 0.211. The average molecular weight is 251 g/mol. The van der Waals surface area contributed by atoms with Crippen LogP contribution in [0.5, 0.6) is 0 Å². The predicted octanol–water partition coefficient (Wildman–Crippen LogP) is 1.78. The minimum Gasteiger partial charge on any atom is -0.322 e. The van der Waals surface area contributed by atoms with Crippen LogP contribution >= 0.6 is 0 Å². The first-order valence-corrected chi connectivity index (χ1v) is 6.92. The summed E-state index contributed by atoms with van der Waals surface area (Å²) in [4.78, 5) is 18.7. The number of piperazine rings is 1. The molecule has 1 saturated heterocycles. The molecule has 0 N–H and O–H groups in total. The molecule has 0 radical (unpaired) electrons. The van der Waals surface area contributed by atoms with E-state index in [1.807, 2.05) is 9.80 Å². The molecule has 2 heterocycles. The van der Waals surface area contributed by atoms with Crippen molar-refractivity contribution in [3.8, 4) is 0 Å². The maximum absolute atomic E-state index is 12.3. The van der Waals surface area contributed by atoms with Gasteiger partial charge < -0.3 is 9.80 Å². The number of rotatable bonds is 0. The molecule has 4 heteroatoms. The van der Waals surface area contributed by atoms with Gasteiger partial charge in [0.05, 0.1) is 0 Å². The zero-order valence-corrected chi connectivity index (χ0v) is 11.9. The Labute approximate surface area is 110 Å². The van der Waals surface area contributed by atoms with Gasteiger partial charge in [-0.05, 0) is 27.2 Å². The molecule has 0 aromatic heterocycles. The third kappa shape index (κ3) is 3.05. The monoisotopic (exact) mass is 251 g/mol. The van der Waals surface area contributed by atoms with Crippen LogP contribution in [0.3, 0.4) is 0 Å². The van der Waals surface area contributed by atoms with E-state index >= 15 is 0 Å². The van der Waals surface area contributed by atoms with Crippen LogP contribution in [0.1, 0.15) is 27.2 Å². The second-order valence-corrected chi connectivity index (χ2v) is 6.13. The van der Waals surface area contributed by atoms with Crippen molar-refractivity contribution in [2.24, 2.45) is 0 Å². The van der Waals surface area contributed by atoms with Gasteiger partial charge in [0.15, 0.2) is 0 Å². The molecule has 0 aliphatic carbocycles. The van der Waals surface area contributed by atoms with E-state index in [9.17, 15) is 4.79 Å². The van der Waals surface area contributed by atoms with E-state index in [-0.39, 0.29) is 11.6 Å². The van der Waals surface area contributed by atoms with Crippen molar-refractivity contribution in [1.29, 1.82) is 0 Å². The quantitative estimate of drug-likeness (QED) is 0.614. The van der Waals surface area contributed by atoms with Crippen molar-refractivity contribution in [2.75, 3.05) is 39.3 Å². The molecule has 0 aromatic carbocycles. The van der Waals surface area contributed by atoms with Crippen molar-refractivity contribution < 1.29 is 4.79 Å². The van der Waals surface area contributed by atoms with Crippen LogP contribution in [-0.2, 0) is 0 Å². The average Bonchev–Trinajstić information content (AvgIpc) is 2.38. The summed E-state index contributed by atoms with van der Waals surface area (Å²) in [5.74, 6) is 0. The molecular weight excluding hydrogens is 226 g/mol. The molecule has 2 aliphatic heterocycles. The molecule has 0 unspecified atom stereocenters. The zero-order chi connectivity index (χ0) is 13.2. The van der Waals surface area contributed by atoms with Crippen LogP contribution in [0.4, 0.5) is 4.79 Å². The lowest BCUT2D eigenvalue weighted by atomic mass is 10.1. The zero-order valence-electron chi connectivity index (χ0n) is 11.9. The molecule has 18 heavy (non-hydrogen) atoms. The first-order chi connectivity index (χ1) is 8.48. The molecule has 0 aromatic rings. The van der Waals surface area contributed by atoms with Gasteiger partial charge >= 0.3 is 6.03 Å². The van der Waals surface area contributed by atoms with Crippen LogP contribution in [0.25, 0.3) is 0 Å². The summed E-state index contributed by atoms with van der Waals surface area (Å²) in [6, 6.07) is 0.216. The minimum absolute atomic E-state index is 0.211. The first-order valence-electron chi connectivity index (χ1n) is 6.92. The van der Waals surface area contributed by atoms with Gasteiger partial charge in [0.1, 0.15) is 0 Å². The normalized spacial score (nSPS) is 22.4. The number of carbonyl (C=O) groups is 1. The first kappa shape index (κ1) is 13.4. The maximum Gasteiger partial charge on any atom is 0.320 e. The topological polar surface area (TPSA) is 26.8 Å². The second-order valence-electron chi connectivity index (χ2n) is 6.13. The molecule has 0 saturated carbocycles. The van der Waals surface area contributed by atoms with Gasteiger partial charge in [-0.25, -0.2) is 4.79 Å². The molecule has 4 nitrogen and oxygen atoms in total. The number of urea groups is 1. The van der Waals surface area contributed by atoms with E-state index in [0.29, 0.717) is 0 Å². The van der Waals surface area contributed by atoms with Crippen LogP contribution in [0.15, 0.2) is 12.2 Å². The number of hydrogen-bond acceptors (Lipinski definition) is 2. The van der Waals surface area contributed by atoms with E-state index < -0.39 is 0 Å². The Morgan fingerprint density at radius 3 is 2.11 bits per heavy atom. The molecule has 2 amide bonds. The molecule has 2 aliphatic rings. The smallest absolute Gasteiger partial charge is 0.320 e.